The molecule has 0 saturated heterocycles. The Labute approximate surface area is 146 Å². The molecule has 0 fully saturated rings. The maximum atomic E-state index is 2.48. The molecule has 0 bridgehead atoms. The normalized spacial score (nSPS) is 20.7. The van der Waals surface area contributed by atoms with Crippen molar-refractivity contribution in [3.63, 3.8) is 0 Å². The van der Waals surface area contributed by atoms with Crippen LogP contribution in [0, 0.1) is 19.3 Å². The van der Waals surface area contributed by atoms with Crippen molar-refractivity contribution in [1.29, 1.82) is 0 Å². The summed E-state index contributed by atoms with van der Waals surface area (Å²) in [5, 5.41) is 0. The van der Waals surface area contributed by atoms with E-state index >= 15 is 0 Å². The summed E-state index contributed by atoms with van der Waals surface area (Å²) in [5.74, 6) is 0.338. The van der Waals surface area contributed by atoms with Crippen molar-refractivity contribution in [2.24, 2.45) is 5.41 Å². The number of hydrogen-bond acceptors (Lipinski definition) is 0. The monoisotopic (exact) mass is 316 g/mol. The Balaban J connectivity index is 2.24. The molecule has 1 unspecified atom stereocenters. The van der Waals surface area contributed by atoms with E-state index in [1.165, 1.54) is 39.0 Å². The molecule has 1 aliphatic carbocycles. The number of hydrogen-bond donors (Lipinski definition) is 0. The maximum Gasteiger partial charge on any atom is 0.0216 e. The molecule has 1 atom stereocenters. The van der Waals surface area contributed by atoms with Crippen molar-refractivity contribution in [2.75, 3.05) is 0 Å². The summed E-state index contributed by atoms with van der Waals surface area (Å²) in [7, 11) is 0. The lowest BCUT2D eigenvalue weighted by atomic mass is 9.67. The molecule has 0 saturated carbocycles. The van der Waals surface area contributed by atoms with Gasteiger partial charge in [0.2, 0.25) is 0 Å². The average Bonchev–Trinajstić information content (AvgIpc) is 2.71. The van der Waals surface area contributed by atoms with Crippen LogP contribution in [0.4, 0.5) is 0 Å². The van der Waals surface area contributed by atoms with Gasteiger partial charge in [-0.15, -0.1) is 0 Å². The standard InChI is InChI=1S/C24H28/c1-16-9-7-11-21(13-16)23(22-12-8-10-17(2)14-22)24(6)15-18(3)19(4)20(24)5/h7-15,23H,1-6H3. The minimum absolute atomic E-state index is 0.0236. The van der Waals surface area contributed by atoms with Crippen LogP contribution in [0.5, 0.6) is 0 Å². The highest BCUT2D eigenvalue weighted by atomic mass is 14.4. The maximum absolute atomic E-state index is 2.48. The van der Waals surface area contributed by atoms with Crippen LogP contribution in [0.1, 0.15) is 55.9 Å². The van der Waals surface area contributed by atoms with Crippen molar-refractivity contribution in [3.05, 3.63) is 93.6 Å². The summed E-state index contributed by atoms with van der Waals surface area (Å²) in [6, 6.07) is 18.0. The molecule has 1 aliphatic rings. The first-order valence-electron chi connectivity index (χ1n) is 8.84. The topological polar surface area (TPSA) is 0 Å². The average molecular weight is 316 g/mol. The van der Waals surface area contributed by atoms with Gasteiger partial charge in [0.15, 0.2) is 0 Å². The quantitative estimate of drug-likeness (QED) is 0.588. The summed E-state index contributed by atoms with van der Waals surface area (Å²) < 4.78 is 0. The van der Waals surface area contributed by atoms with Crippen LogP contribution in [-0.4, -0.2) is 0 Å². The molecule has 0 aliphatic heterocycles. The lowest BCUT2D eigenvalue weighted by Gasteiger charge is -2.36. The summed E-state index contributed by atoms with van der Waals surface area (Å²) in [5.41, 5.74) is 9.84. The van der Waals surface area contributed by atoms with Crippen LogP contribution >= 0.6 is 0 Å². The minimum atomic E-state index is 0.0236. The molecule has 2 aromatic rings. The minimum Gasteiger partial charge on any atom is -0.0704 e. The van der Waals surface area contributed by atoms with Gasteiger partial charge in [0.05, 0.1) is 0 Å². The lowest BCUT2D eigenvalue weighted by Crippen LogP contribution is -2.25. The van der Waals surface area contributed by atoms with Gasteiger partial charge >= 0.3 is 0 Å². The molecular formula is C24H28. The van der Waals surface area contributed by atoms with Gasteiger partial charge in [-0.1, -0.05) is 83.8 Å². The van der Waals surface area contributed by atoms with E-state index in [9.17, 15) is 0 Å². The summed E-state index contributed by atoms with van der Waals surface area (Å²) >= 11 is 0. The fraction of sp³-hybridized carbons (Fsp3) is 0.333. The van der Waals surface area contributed by atoms with Gasteiger partial charge in [0, 0.05) is 11.3 Å². The first-order valence-corrected chi connectivity index (χ1v) is 8.84. The molecule has 0 spiro atoms. The van der Waals surface area contributed by atoms with Gasteiger partial charge in [0.1, 0.15) is 0 Å². The first kappa shape index (κ1) is 16.8. The van der Waals surface area contributed by atoms with Crippen molar-refractivity contribution >= 4 is 0 Å². The van der Waals surface area contributed by atoms with E-state index < -0.39 is 0 Å². The van der Waals surface area contributed by atoms with Crippen LogP contribution in [0.15, 0.2) is 71.3 Å². The van der Waals surface area contributed by atoms with Crippen LogP contribution in [0.2, 0.25) is 0 Å². The third-order valence-electron chi connectivity index (χ3n) is 5.83. The molecule has 0 heterocycles. The van der Waals surface area contributed by atoms with Crippen molar-refractivity contribution in [1.82, 2.24) is 0 Å². The largest absolute Gasteiger partial charge is 0.0704 e. The first-order chi connectivity index (χ1) is 11.3. The van der Waals surface area contributed by atoms with Gasteiger partial charge in [-0.3, -0.25) is 0 Å². The smallest absolute Gasteiger partial charge is 0.0216 e. The van der Waals surface area contributed by atoms with E-state index in [1.54, 1.807) is 0 Å². The summed E-state index contributed by atoms with van der Waals surface area (Å²) in [4.78, 5) is 0. The number of benzene rings is 2. The van der Waals surface area contributed by atoms with Crippen LogP contribution in [0.25, 0.3) is 0 Å². The predicted molar refractivity (Wildman–Crippen MR) is 104 cm³/mol. The van der Waals surface area contributed by atoms with E-state index in [-0.39, 0.29) is 5.41 Å². The van der Waals surface area contributed by atoms with Gasteiger partial charge in [-0.2, -0.15) is 0 Å². The zero-order valence-corrected chi connectivity index (χ0v) is 15.8. The van der Waals surface area contributed by atoms with Gasteiger partial charge in [-0.25, -0.2) is 0 Å². The highest BCUT2D eigenvalue weighted by molar-refractivity contribution is 5.52. The molecule has 0 radical (unpaired) electrons. The molecule has 0 heteroatoms. The molecular weight excluding hydrogens is 288 g/mol. The number of allylic oxidation sites excluding steroid dienone is 4. The summed E-state index contributed by atoms with van der Waals surface area (Å²) in [6.07, 6.45) is 2.48. The van der Waals surface area contributed by atoms with E-state index in [4.69, 9.17) is 0 Å². The lowest BCUT2D eigenvalue weighted by molar-refractivity contribution is 0.452. The second-order valence-corrected chi connectivity index (χ2v) is 7.62. The Bertz CT molecular complexity index is 789. The highest BCUT2D eigenvalue weighted by Crippen LogP contribution is 2.52. The van der Waals surface area contributed by atoms with Gasteiger partial charge in [-0.05, 0) is 51.3 Å². The van der Waals surface area contributed by atoms with Crippen molar-refractivity contribution in [3.8, 4) is 0 Å². The molecule has 24 heavy (non-hydrogen) atoms. The van der Waals surface area contributed by atoms with Gasteiger partial charge < -0.3 is 0 Å². The van der Waals surface area contributed by atoms with E-state index in [2.05, 4.69) is 96.1 Å². The summed E-state index contributed by atoms with van der Waals surface area (Å²) in [6.45, 7) is 13.6. The Hall–Kier alpha value is -2.08. The fourth-order valence-corrected chi connectivity index (χ4v) is 4.25. The third kappa shape index (κ3) is 2.75. The molecule has 0 aromatic heterocycles. The van der Waals surface area contributed by atoms with E-state index in [0.29, 0.717) is 5.92 Å². The number of aryl methyl sites for hydroxylation is 2. The Kier molecular flexibility index (Phi) is 4.25. The Morgan fingerprint density at radius 2 is 1.25 bits per heavy atom. The SMILES string of the molecule is CC1=CC(C)(C(c2cccc(C)c2)c2cccc(C)c2)C(C)=C1C. The number of rotatable bonds is 3. The fourth-order valence-electron chi connectivity index (χ4n) is 4.25. The molecule has 0 N–H and O–H groups in total. The van der Waals surface area contributed by atoms with Crippen LogP contribution in [0.3, 0.4) is 0 Å². The van der Waals surface area contributed by atoms with E-state index in [0.717, 1.165) is 0 Å². The zero-order valence-electron chi connectivity index (χ0n) is 15.8. The zero-order chi connectivity index (χ0) is 17.5. The Morgan fingerprint density at radius 1 is 0.750 bits per heavy atom. The molecule has 2 aromatic carbocycles. The third-order valence-corrected chi connectivity index (χ3v) is 5.83. The predicted octanol–water partition coefficient (Wildman–Crippen LogP) is 6.74. The molecule has 0 amide bonds. The van der Waals surface area contributed by atoms with Gasteiger partial charge in [0.25, 0.3) is 0 Å². The van der Waals surface area contributed by atoms with E-state index in [1.807, 2.05) is 0 Å². The molecule has 124 valence electrons. The second kappa shape index (κ2) is 6.09. The highest BCUT2D eigenvalue weighted by Gasteiger charge is 2.40. The van der Waals surface area contributed by atoms with Crippen LogP contribution in [-0.2, 0) is 0 Å². The molecule has 0 nitrogen and oxygen atoms in total. The van der Waals surface area contributed by atoms with Crippen LogP contribution < -0.4 is 0 Å². The van der Waals surface area contributed by atoms with Crippen molar-refractivity contribution < 1.29 is 0 Å². The second-order valence-electron chi connectivity index (χ2n) is 7.62. The molecule has 3 rings (SSSR count). The van der Waals surface area contributed by atoms with Crippen molar-refractivity contribution in [2.45, 2.75) is 47.5 Å². The Morgan fingerprint density at radius 3 is 1.62 bits per heavy atom.